The third kappa shape index (κ3) is 3.62. The van der Waals surface area contributed by atoms with E-state index in [2.05, 4.69) is 0 Å². The van der Waals surface area contributed by atoms with Crippen LogP contribution in [-0.2, 0) is 12.5 Å². The predicted molar refractivity (Wildman–Crippen MR) is 78.4 cm³/mol. The van der Waals surface area contributed by atoms with Crippen molar-refractivity contribution in [2.24, 2.45) is 0 Å². The molecule has 0 aromatic heterocycles. The summed E-state index contributed by atoms with van der Waals surface area (Å²) in [6.45, 7) is -0.159. The van der Waals surface area contributed by atoms with Gasteiger partial charge in [-0.3, -0.25) is 10.1 Å². The molecular formula is C14H10Cl2FNO3. The zero-order valence-corrected chi connectivity index (χ0v) is 12.2. The van der Waals surface area contributed by atoms with Crippen LogP contribution >= 0.6 is 23.2 Å². The van der Waals surface area contributed by atoms with E-state index < -0.39 is 16.4 Å². The Morgan fingerprint density at radius 3 is 2.67 bits per heavy atom. The molecule has 0 heterocycles. The van der Waals surface area contributed by atoms with Gasteiger partial charge in [0.05, 0.1) is 9.95 Å². The lowest BCUT2D eigenvalue weighted by Crippen LogP contribution is -2.02. The maximum Gasteiger partial charge on any atom is 0.305 e. The first kappa shape index (κ1) is 15.5. The van der Waals surface area contributed by atoms with Crippen LogP contribution in [0.25, 0.3) is 0 Å². The van der Waals surface area contributed by atoms with Crippen molar-refractivity contribution in [3.05, 3.63) is 68.5 Å². The van der Waals surface area contributed by atoms with Gasteiger partial charge >= 0.3 is 5.69 Å². The van der Waals surface area contributed by atoms with Crippen LogP contribution in [0.4, 0.5) is 10.1 Å². The van der Waals surface area contributed by atoms with Gasteiger partial charge in [0.1, 0.15) is 12.4 Å². The summed E-state index contributed by atoms with van der Waals surface area (Å²) in [5.74, 6) is -0.230. The highest BCUT2D eigenvalue weighted by Crippen LogP contribution is 2.28. The summed E-state index contributed by atoms with van der Waals surface area (Å²) < 4.78 is 19.3. The molecule has 4 nitrogen and oxygen atoms in total. The predicted octanol–water partition coefficient (Wildman–Crippen LogP) is 4.71. The molecule has 0 saturated carbocycles. The van der Waals surface area contributed by atoms with Gasteiger partial charge in [0.2, 0.25) is 5.82 Å². The van der Waals surface area contributed by atoms with Gasteiger partial charge < -0.3 is 4.74 Å². The Bertz CT molecular complexity index is 679. The average Bonchev–Trinajstić information content (AvgIpc) is 2.46. The molecule has 21 heavy (non-hydrogen) atoms. The van der Waals surface area contributed by atoms with Gasteiger partial charge in [-0.05, 0) is 17.7 Å². The van der Waals surface area contributed by atoms with E-state index in [1.807, 2.05) is 0 Å². The Morgan fingerprint density at radius 1 is 1.29 bits per heavy atom. The first-order valence-electron chi connectivity index (χ1n) is 5.92. The summed E-state index contributed by atoms with van der Waals surface area (Å²) in [7, 11) is 0. The molecule has 2 rings (SSSR count). The number of alkyl halides is 1. The number of ether oxygens (including phenoxy) is 1. The van der Waals surface area contributed by atoms with Crippen molar-refractivity contribution < 1.29 is 14.1 Å². The maximum atomic E-state index is 13.9. The van der Waals surface area contributed by atoms with E-state index in [1.165, 1.54) is 12.1 Å². The van der Waals surface area contributed by atoms with Crippen LogP contribution in [0.1, 0.15) is 11.1 Å². The number of nitrogens with zero attached hydrogens (tertiary/aromatic N) is 1. The molecular weight excluding hydrogens is 320 g/mol. The second kappa shape index (κ2) is 6.74. The van der Waals surface area contributed by atoms with Crippen LogP contribution < -0.4 is 4.74 Å². The lowest BCUT2D eigenvalue weighted by Gasteiger charge is -2.09. The first-order valence-corrected chi connectivity index (χ1v) is 6.83. The second-order valence-corrected chi connectivity index (χ2v) is 4.87. The van der Waals surface area contributed by atoms with Crippen LogP contribution in [0.2, 0.25) is 5.02 Å². The number of halogens is 3. The molecule has 2 aromatic carbocycles. The van der Waals surface area contributed by atoms with Gasteiger partial charge in [-0.1, -0.05) is 29.8 Å². The van der Waals surface area contributed by atoms with Gasteiger partial charge in [-0.15, -0.1) is 11.6 Å². The molecule has 0 aliphatic rings. The van der Waals surface area contributed by atoms with E-state index in [0.717, 1.165) is 11.6 Å². The SMILES string of the molecule is O=[N+]([O-])c1cccc(COc2ccc(CCl)cc2Cl)c1F. The molecule has 0 aliphatic carbocycles. The van der Waals surface area contributed by atoms with Gasteiger partial charge in [-0.2, -0.15) is 4.39 Å². The quantitative estimate of drug-likeness (QED) is 0.453. The van der Waals surface area contributed by atoms with Crippen molar-refractivity contribution in [1.29, 1.82) is 0 Å². The summed E-state index contributed by atoms with van der Waals surface area (Å²) in [6, 6.07) is 8.92. The Labute approximate surface area is 130 Å². The Hall–Kier alpha value is -1.85. The van der Waals surface area contributed by atoms with E-state index in [1.54, 1.807) is 18.2 Å². The third-order valence-corrected chi connectivity index (χ3v) is 3.39. The van der Waals surface area contributed by atoms with E-state index in [0.29, 0.717) is 16.7 Å². The van der Waals surface area contributed by atoms with E-state index in [-0.39, 0.29) is 12.2 Å². The molecule has 0 spiro atoms. The normalized spacial score (nSPS) is 10.4. The molecule has 7 heteroatoms. The van der Waals surface area contributed by atoms with Crippen molar-refractivity contribution in [1.82, 2.24) is 0 Å². The van der Waals surface area contributed by atoms with Gasteiger partial charge in [0, 0.05) is 17.5 Å². The minimum atomic E-state index is -0.906. The van der Waals surface area contributed by atoms with Gasteiger partial charge in [0.15, 0.2) is 0 Å². The first-order chi connectivity index (χ1) is 10.0. The second-order valence-electron chi connectivity index (χ2n) is 4.19. The fraction of sp³-hybridized carbons (Fsp3) is 0.143. The van der Waals surface area contributed by atoms with Crippen molar-refractivity contribution >= 4 is 28.9 Å². The number of nitro groups is 1. The van der Waals surface area contributed by atoms with Gasteiger partial charge in [0.25, 0.3) is 0 Å². The van der Waals surface area contributed by atoms with Crippen LogP contribution in [0.15, 0.2) is 36.4 Å². The molecule has 0 fully saturated rings. The molecule has 0 amide bonds. The third-order valence-electron chi connectivity index (χ3n) is 2.79. The maximum absolute atomic E-state index is 13.9. The zero-order chi connectivity index (χ0) is 15.4. The minimum absolute atomic E-state index is 0.0849. The number of hydrogen-bond acceptors (Lipinski definition) is 3. The van der Waals surface area contributed by atoms with Crippen molar-refractivity contribution in [3.63, 3.8) is 0 Å². The Balaban J connectivity index is 2.17. The smallest absolute Gasteiger partial charge is 0.305 e. The monoisotopic (exact) mass is 329 g/mol. The molecule has 0 unspecified atom stereocenters. The molecule has 110 valence electrons. The lowest BCUT2D eigenvalue weighted by molar-refractivity contribution is -0.387. The molecule has 0 saturated heterocycles. The molecule has 0 atom stereocenters. The van der Waals surface area contributed by atoms with E-state index in [4.69, 9.17) is 27.9 Å². The van der Waals surface area contributed by atoms with Crippen LogP contribution in [0, 0.1) is 15.9 Å². The van der Waals surface area contributed by atoms with E-state index >= 15 is 0 Å². The number of benzene rings is 2. The lowest BCUT2D eigenvalue weighted by atomic mass is 10.2. The fourth-order valence-electron chi connectivity index (χ4n) is 1.72. The highest BCUT2D eigenvalue weighted by Gasteiger charge is 2.17. The molecule has 0 bridgehead atoms. The Morgan fingerprint density at radius 2 is 2.05 bits per heavy atom. The van der Waals surface area contributed by atoms with Crippen LogP contribution in [0.3, 0.4) is 0 Å². The minimum Gasteiger partial charge on any atom is -0.487 e. The van der Waals surface area contributed by atoms with Crippen molar-refractivity contribution in [3.8, 4) is 5.75 Å². The topological polar surface area (TPSA) is 52.4 Å². The summed E-state index contributed by atoms with van der Waals surface area (Å²) in [4.78, 5) is 9.89. The fourth-order valence-corrected chi connectivity index (χ4v) is 2.14. The highest BCUT2D eigenvalue weighted by atomic mass is 35.5. The zero-order valence-electron chi connectivity index (χ0n) is 10.7. The summed E-state index contributed by atoms with van der Waals surface area (Å²) in [5, 5.41) is 11.0. The summed E-state index contributed by atoms with van der Waals surface area (Å²) >= 11 is 11.7. The molecule has 0 radical (unpaired) electrons. The summed E-state index contributed by atoms with van der Waals surface area (Å²) in [6.07, 6.45) is 0. The Kier molecular flexibility index (Phi) is 4.98. The highest BCUT2D eigenvalue weighted by molar-refractivity contribution is 6.32. The van der Waals surface area contributed by atoms with Crippen LogP contribution in [0.5, 0.6) is 5.75 Å². The number of hydrogen-bond donors (Lipinski definition) is 0. The molecule has 0 aliphatic heterocycles. The van der Waals surface area contributed by atoms with Crippen molar-refractivity contribution in [2.75, 3.05) is 0 Å². The van der Waals surface area contributed by atoms with Gasteiger partial charge in [-0.25, -0.2) is 0 Å². The van der Waals surface area contributed by atoms with Crippen molar-refractivity contribution in [2.45, 2.75) is 12.5 Å². The average molecular weight is 330 g/mol. The molecule has 2 aromatic rings. The number of nitro benzene ring substituents is 1. The number of rotatable bonds is 5. The standard InChI is InChI=1S/C14H10Cl2FNO3/c15-7-9-4-5-13(11(16)6-9)21-8-10-2-1-3-12(14(10)17)18(19)20/h1-6H,7-8H2. The molecule has 0 N–H and O–H groups in total. The largest absolute Gasteiger partial charge is 0.487 e. The van der Waals surface area contributed by atoms with Crippen LogP contribution in [-0.4, -0.2) is 4.92 Å². The summed E-state index contributed by atoms with van der Waals surface area (Å²) in [5.41, 5.74) is 0.330. The van der Waals surface area contributed by atoms with E-state index in [9.17, 15) is 14.5 Å².